The molecule has 0 saturated heterocycles. The Kier molecular flexibility index (Phi) is 6.94. The van der Waals surface area contributed by atoms with Gasteiger partial charge in [0.15, 0.2) is 9.84 Å². The first-order chi connectivity index (χ1) is 15.0. The molecule has 3 aromatic rings. The summed E-state index contributed by atoms with van der Waals surface area (Å²) in [5.41, 5.74) is 3.37. The van der Waals surface area contributed by atoms with Gasteiger partial charge in [-0.1, -0.05) is 17.7 Å². The number of hydrogen-bond donors (Lipinski definition) is 0. The quantitative estimate of drug-likeness (QED) is 0.477. The van der Waals surface area contributed by atoms with Crippen LogP contribution in [0.15, 0.2) is 29.4 Å². The zero-order valence-corrected chi connectivity index (χ0v) is 20.1. The van der Waals surface area contributed by atoms with E-state index < -0.39 is 16.0 Å². The molecule has 0 amide bonds. The number of ether oxygens (including phenoxy) is 2. The molecule has 9 nitrogen and oxygen atoms in total. The molecule has 172 valence electrons. The van der Waals surface area contributed by atoms with Crippen molar-refractivity contribution >= 4 is 27.6 Å². The second kappa shape index (κ2) is 9.33. The van der Waals surface area contributed by atoms with E-state index in [2.05, 4.69) is 10.2 Å². The molecule has 0 saturated carbocycles. The van der Waals surface area contributed by atoms with Gasteiger partial charge in [-0.05, 0) is 38.0 Å². The van der Waals surface area contributed by atoms with Crippen molar-refractivity contribution in [1.82, 2.24) is 19.6 Å². The van der Waals surface area contributed by atoms with E-state index in [1.807, 2.05) is 13.1 Å². The molecule has 0 atom stereocenters. The molecule has 0 unspecified atom stereocenters. The van der Waals surface area contributed by atoms with E-state index in [1.54, 1.807) is 43.9 Å². The zero-order chi connectivity index (χ0) is 23.6. The lowest BCUT2D eigenvalue weighted by Gasteiger charge is -2.15. The summed E-state index contributed by atoms with van der Waals surface area (Å²) in [7, 11) is -1.86. The Balaban J connectivity index is 2.05. The summed E-state index contributed by atoms with van der Waals surface area (Å²) in [6.45, 7) is 5.75. The van der Waals surface area contributed by atoms with E-state index in [-0.39, 0.29) is 30.3 Å². The van der Waals surface area contributed by atoms with Gasteiger partial charge in [0.2, 0.25) is 5.88 Å². The molecule has 2 aromatic heterocycles. The molecule has 0 N–H and O–H groups in total. The largest absolute Gasteiger partial charge is 0.515 e. The minimum Gasteiger partial charge on any atom is -0.434 e. The number of benzene rings is 1. The summed E-state index contributed by atoms with van der Waals surface area (Å²) in [6, 6.07) is 3.21. The molecule has 2 heterocycles. The van der Waals surface area contributed by atoms with Crippen LogP contribution in [0, 0.1) is 13.8 Å². The van der Waals surface area contributed by atoms with Gasteiger partial charge in [0, 0.05) is 37.0 Å². The third-order valence-corrected chi connectivity index (χ3v) is 6.51. The van der Waals surface area contributed by atoms with E-state index >= 15 is 0 Å². The van der Waals surface area contributed by atoms with Gasteiger partial charge in [0.1, 0.15) is 0 Å². The van der Waals surface area contributed by atoms with Crippen LogP contribution in [0.2, 0.25) is 5.02 Å². The maximum absolute atomic E-state index is 12.4. The molecule has 11 heteroatoms. The van der Waals surface area contributed by atoms with Gasteiger partial charge >= 0.3 is 6.16 Å². The molecule has 0 aliphatic rings. The van der Waals surface area contributed by atoms with Crippen LogP contribution in [-0.4, -0.2) is 47.0 Å². The van der Waals surface area contributed by atoms with Crippen molar-refractivity contribution in [1.29, 1.82) is 0 Å². The van der Waals surface area contributed by atoms with Crippen LogP contribution in [0.3, 0.4) is 0 Å². The van der Waals surface area contributed by atoms with Crippen molar-refractivity contribution in [2.24, 2.45) is 7.05 Å². The first-order valence-corrected chi connectivity index (χ1v) is 12.1. The first kappa shape index (κ1) is 23.8. The standard InChI is InChI=1S/C21H25ClN4O5S/c1-6-30-21(27)31-20-16(14(3)24-25(20)4)9-15-7-8-18(32(5,28)29)17(19(15)22)12-26-11-13(2)10-23-26/h7-8,10-11H,6,9,12H2,1-5H3. The van der Waals surface area contributed by atoms with Crippen LogP contribution >= 0.6 is 11.6 Å². The van der Waals surface area contributed by atoms with Crippen molar-refractivity contribution in [3.63, 3.8) is 0 Å². The van der Waals surface area contributed by atoms with Gasteiger partial charge in [-0.2, -0.15) is 10.2 Å². The molecule has 0 spiro atoms. The molecule has 32 heavy (non-hydrogen) atoms. The van der Waals surface area contributed by atoms with Gasteiger partial charge in [-0.3, -0.25) is 4.68 Å². The number of carbonyl (C=O) groups excluding carboxylic acids is 1. The van der Waals surface area contributed by atoms with Crippen LogP contribution < -0.4 is 4.74 Å². The van der Waals surface area contributed by atoms with Crippen molar-refractivity contribution in [3.05, 3.63) is 57.5 Å². The van der Waals surface area contributed by atoms with Gasteiger partial charge in [-0.25, -0.2) is 17.9 Å². The van der Waals surface area contributed by atoms with Crippen LogP contribution in [-0.2, 0) is 34.6 Å². The molecule has 0 bridgehead atoms. The Labute approximate surface area is 191 Å². The van der Waals surface area contributed by atoms with Gasteiger partial charge < -0.3 is 9.47 Å². The van der Waals surface area contributed by atoms with E-state index in [1.165, 1.54) is 4.68 Å². The van der Waals surface area contributed by atoms with Gasteiger partial charge in [0.05, 0.1) is 35.0 Å². The van der Waals surface area contributed by atoms with Gasteiger partial charge in [-0.15, -0.1) is 0 Å². The molecular formula is C21H25ClN4O5S. The van der Waals surface area contributed by atoms with E-state index in [4.69, 9.17) is 21.1 Å². The Morgan fingerprint density at radius 2 is 1.94 bits per heavy atom. The second-order valence-electron chi connectivity index (χ2n) is 7.46. The van der Waals surface area contributed by atoms with Crippen molar-refractivity contribution in [2.75, 3.05) is 12.9 Å². The minimum atomic E-state index is -3.52. The third kappa shape index (κ3) is 5.13. The van der Waals surface area contributed by atoms with E-state index in [0.29, 0.717) is 27.4 Å². The SMILES string of the molecule is CCOC(=O)Oc1c(Cc2ccc(S(C)(=O)=O)c(Cn3cc(C)cn3)c2Cl)c(C)nn1C. The Hall–Kier alpha value is -2.85. The number of hydrogen-bond acceptors (Lipinski definition) is 7. The fraction of sp³-hybridized carbons (Fsp3) is 0.381. The molecular weight excluding hydrogens is 456 g/mol. The number of carbonyl (C=O) groups is 1. The molecule has 0 fully saturated rings. The minimum absolute atomic E-state index is 0.144. The maximum Gasteiger partial charge on any atom is 0.515 e. The van der Waals surface area contributed by atoms with E-state index in [9.17, 15) is 13.2 Å². The van der Waals surface area contributed by atoms with Crippen LogP contribution in [0.1, 0.15) is 34.9 Å². The fourth-order valence-electron chi connectivity index (χ4n) is 3.43. The normalized spacial score (nSPS) is 11.6. The predicted molar refractivity (Wildman–Crippen MR) is 119 cm³/mol. The predicted octanol–water partition coefficient (Wildman–Crippen LogP) is 3.46. The molecule has 1 aromatic carbocycles. The summed E-state index contributed by atoms with van der Waals surface area (Å²) >= 11 is 6.73. The second-order valence-corrected chi connectivity index (χ2v) is 9.82. The van der Waals surface area contributed by atoms with Crippen LogP contribution in [0.25, 0.3) is 0 Å². The number of aryl methyl sites for hydroxylation is 3. The fourth-order valence-corrected chi connectivity index (χ4v) is 4.70. The number of halogens is 1. The molecule has 0 aliphatic heterocycles. The average Bonchev–Trinajstić information content (AvgIpc) is 3.21. The molecule has 0 aliphatic carbocycles. The highest BCUT2D eigenvalue weighted by atomic mass is 35.5. The number of nitrogens with zero attached hydrogens (tertiary/aromatic N) is 4. The summed E-state index contributed by atoms with van der Waals surface area (Å²) in [4.78, 5) is 12.0. The summed E-state index contributed by atoms with van der Waals surface area (Å²) < 4.78 is 38.1. The summed E-state index contributed by atoms with van der Waals surface area (Å²) in [6.07, 6.45) is 4.10. The maximum atomic E-state index is 12.4. The number of aromatic nitrogens is 4. The Morgan fingerprint density at radius 1 is 1.22 bits per heavy atom. The monoisotopic (exact) mass is 480 g/mol. The molecule has 3 rings (SSSR count). The van der Waals surface area contributed by atoms with Crippen molar-refractivity contribution in [3.8, 4) is 5.88 Å². The Morgan fingerprint density at radius 3 is 2.53 bits per heavy atom. The van der Waals surface area contributed by atoms with Crippen molar-refractivity contribution in [2.45, 2.75) is 38.6 Å². The highest BCUT2D eigenvalue weighted by Gasteiger charge is 2.23. The highest BCUT2D eigenvalue weighted by molar-refractivity contribution is 7.90. The van der Waals surface area contributed by atoms with Gasteiger partial charge in [0.25, 0.3) is 0 Å². The average molecular weight is 481 g/mol. The lowest BCUT2D eigenvalue weighted by Crippen LogP contribution is -2.14. The molecule has 0 radical (unpaired) electrons. The topological polar surface area (TPSA) is 105 Å². The Bertz CT molecular complexity index is 1260. The highest BCUT2D eigenvalue weighted by Crippen LogP contribution is 2.33. The lowest BCUT2D eigenvalue weighted by molar-refractivity contribution is 0.100. The van der Waals surface area contributed by atoms with Crippen molar-refractivity contribution < 1.29 is 22.7 Å². The smallest absolute Gasteiger partial charge is 0.434 e. The summed E-state index contributed by atoms with van der Waals surface area (Å²) in [5, 5.41) is 8.89. The van der Waals surface area contributed by atoms with Crippen LogP contribution in [0.4, 0.5) is 4.79 Å². The number of rotatable bonds is 7. The lowest BCUT2D eigenvalue weighted by atomic mass is 10.0. The number of sulfone groups is 1. The zero-order valence-electron chi connectivity index (χ0n) is 18.5. The summed E-state index contributed by atoms with van der Waals surface area (Å²) in [5.74, 6) is 0.244. The van der Waals surface area contributed by atoms with E-state index in [0.717, 1.165) is 11.8 Å². The first-order valence-electron chi connectivity index (χ1n) is 9.87. The third-order valence-electron chi connectivity index (χ3n) is 4.86. The van der Waals surface area contributed by atoms with Crippen LogP contribution in [0.5, 0.6) is 5.88 Å².